The maximum absolute atomic E-state index is 9.34. The van der Waals surface area contributed by atoms with Gasteiger partial charge in [-0.25, -0.2) is 0 Å². The molecule has 0 saturated carbocycles. The molecular formula is C11H17NO2. The number of phenolic OH excluding ortho intramolecular Hbond substituents is 1. The van der Waals surface area contributed by atoms with Gasteiger partial charge in [-0.2, -0.15) is 0 Å². The van der Waals surface area contributed by atoms with E-state index in [4.69, 9.17) is 4.74 Å². The molecule has 1 rings (SSSR count). The molecule has 2 N–H and O–H groups in total. The highest BCUT2D eigenvalue weighted by Crippen LogP contribution is 2.24. The van der Waals surface area contributed by atoms with E-state index in [1.54, 1.807) is 25.3 Å². The fraction of sp³-hybridized carbons (Fsp3) is 0.455. The van der Waals surface area contributed by atoms with Crippen LogP contribution in [0.25, 0.3) is 0 Å². The number of ether oxygens (including phenoxy) is 1. The number of hydrogen-bond donors (Lipinski definition) is 2. The van der Waals surface area contributed by atoms with Gasteiger partial charge in [-0.3, -0.25) is 0 Å². The fourth-order valence-corrected chi connectivity index (χ4v) is 1.36. The minimum absolute atomic E-state index is 0.282. The molecule has 78 valence electrons. The summed E-state index contributed by atoms with van der Waals surface area (Å²) in [6, 6.07) is 5.53. The minimum Gasteiger partial charge on any atom is -0.508 e. The maximum Gasteiger partial charge on any atom is 0.122 e. The zero-order valence-electron chi connectivity index (χ0n) is 8.87. The molecule has 0 aliphatic rings. The number of benzene rings is 1. The number of nitrogens with one attached hydrogen (secondary N) is 1. The first-order valence-corrected chi connectivity index (χ1v) is 4.70. The Balaban J connectivity index is 2.87. The number of phenols is 1. The lowest BCUT2D eigenvalue weighted by Crippen LogP contribution is -2.23. The summed E-state index contributed by atoms with van der Waals surface area (Å²) in [4.78, 5) is 0. The summed E-state index contributed by atoms with van der Waals surface area (Å²) < 4.78 is 5.21. The average molecular weight is 195 g/mol. The molecule has 3 nitrogen and oxygen atoms in total. The second-order valence-corrected chi connectivity index (χ2v) is 3.39. The third-order valence-corrected chi connectivity index (χ3v) is 2.28. The molecule has 0 saturated heterocycles. The van der Waals surface area contributed by atoms with Crippen LogP contribution in [-0.4, -0.2) is 25.3 Å². The van der Waals surface area contributed by atoms with Gasteiger partial charge >= 0.3 is 0 Å². The van der Waals surface area contributed by atoms with Crippen molar-refractivity contribution < 1.29 is 9.84 Å². The van der Waals surface area contributed by atoms with Crippen molar-refractivity contribution in [2.45, 2.75) is 19.4 Å². The molecule has 1 atom stereocenters. The SMILES string of the molecule is CN[C@@H](C)Cc1cc(O)ccc1OC. The van der Waals surface area contributed by atoms with Crippen LogP contribution in [0.4, 0.5) is 0 Å². The first kappa shape index (κ1) is 10.9. The molecule has 0 heterocycles. The van der Waals surface area contributed by atoms with E-state index >= 15 is 0 Å². The molecule has 0 aliphatic carbocycles. The van der Waals surface area contributed by atoms with Gasteiger partial charge in [0.05, 0.1) is 7.11 Å². The minimum atomic E-state index is 0.282. The molecule has 1 aromatic rings. The second kappa shape index (κ2) is 4.86. The number of likely N-dealkylation sites (N-methyl/N-ethyl adjacent to an activating group) is 1. The monoisotopic (exact) mass is 195 g/mol. The molecule has 14 heavy (non-hydrogen) atoms. The number of methoxy groups -OCH3 is 1. The highest BCUT2D eigenvalue weighted by Gasteiger charge is 2.07. The Labute approximate surface area is 84.7 Å². The van der Waals surface area contributed by atoms with Crippen LogP contribution in [0.2, 0.25) is 0 Å². The highest BCUT2D eigenvalue weighted by atomic mass is 16.5. The van der Waals surface area contributed by atoms with E-state index in [0.717, 1.165) is 17.7 Å². The maximum atomic E-state index is 9.34. The third-order valence-electron chi connectivity index (χ3n) is 2.28. The van der Waals surface area contributed by atoms with E-state index in [-0.39, 0.29) is 5.75 Å². The molecule has 0 aromatic heterocycles. The van der Waals surface area contributed by atoms with Crippen LogP contribution < -0.4 is 10.1 Å². The summed E-state index contributed by atoms with van der Waals surface area (Å²) >= 11 is 0. The Morgan fingerprint density at radius 1 is 1.50 bits per heavy atom. The summed E-state index contributed by atoms with van der Waals surface area (Å²) in [5.41, 5.74) is 1.02. The zero-order valence-corrected chi connectivity index (χ0v) is 8.87. The quantitative estimate of drug-likeness (QED) is 0.766. The standard InChI is InChI=1S/C11H17NO2/c1-8(12-2)6-9-7-10(13)4-5-11(9)14-3/h4-5,7-8,12-13H,6H2,1-3H3/t8-/m0/s1. The van der Waals surface area contributed by atoms with Crippen molar-refractivity contribution in [2.24, 2.45) is 0 Å². The van der Waals surface area contributed by atoms with Crippen molar-refractivity contribution in [3.05, 3.63) is 23.8 Å². The summed E-state index contributed by atoms with van der Waals surface area (Å²) in [5, 5.41) is 12.5. The Hall–Kier alpha value is -1.22. The summed E-state index contributed by atoms with van der Waals surface area (Å²) in [5.74, 6) is 1.11. The smallest absolute Gasteiger partial charge is 0.122 e. The van der Waals surface area contributed by atoms with Gasteiger partial charge in [0.1, 0.15) is 11.5 Å². The van der Waals surface area contributed by atoms with Gasteiger partial charge in [0, 0.05) is 6.04 Å². The van der Waals surface area contributed by atoms with E-state index in [9.17, 15) is 5.11 Å². The lowest BCUT2D eigenvalue weighted by Gasteiger charge is -2.13. The summed E-state index contributed by atoms with van der Waals surface area (Å²) in [6.07, 6.45) is 0.841. The van der Waals surface area contributed by atoms with Crippen LogP contribution in [0.3, 0.4) is 0 Å². The number of rotatable bonds is 4. The molecule has 0 fully saturated rings. The molecule has 0 unspecified atom stereocenters. The largest absolute Gasteiger partial charge is 0.508 e. The van der Waals surface area contributed by atoms with Crippen molar-refractivity contribution in [1.82, 2.24) is 5.32 Å². The van der Waals surface area contributed by atoms with E-state index in [1.807, 2.05) is 7.05 Å². The molecule has 0 spiro atoms. The van der Waals surface area contributed by atoms with Gasteiger partial charge in [-0.1, -0.05) is 0 Å². The predicted octanol–water partition coefficient (Wildman–Crippen LogP) is 1.55. The lowest BCUT2D eigenvalue weighted by atomic mass is 10.1. The molecule has 0 amide bonds. The van der Waals surface area contributed by atoms with Gasteiger partial charge in [0.2, 0.25) is 0 Å². The first-order chi connectivity index (χ1) is 6.67. The summed E-state index contributed by atoms with van der Waals surface area (Å²) in [7, 11) is 3.56. The van der Waals surface area contributed by atoms with Crippen LogP contribution in [-0.2, 0) is 6.42 Å². The van der Waals surface area contributed by atoms with E-state index < -0.39 is 0 Å². The van der Waals surface area contributed by atoms with Crippen LogP contribution >= 0.6 is 0 Å². The fourth-order valence-electron chi connectivity index (χ4n) is 1.36. The molecule has 0 bridgehead atoms. The molecule has 1 aromatic carbocycles. The normalized spacial score (nSPS) is 12.5. The zero-order chi connectivity index (χ0) is 10.6. The van der Waals surface area contributed by atoms with Crippen molar-refractivity contribution >= 4 is 0 Å². The van der Waals surface area contributed by atoms with Gasteiger partial charge in [0.15, 0.2) is 0 Å². The highest BCUT2D eigenvalue weighted by molar-refractivity contribution is 5.40. The molecule has 0 radical (unpaired) electrons. The topological polar surface area (TPSA) is 41.5 Å². The van der Waals surface area contributed by atoms with Gasteiger partial charge in [-0.15, -0.1) is 0 Å². The Bertz CT molecular complexity index is 299. The Kier molecular flexibility index (Phi) is 3.77. The Morgan fingerprint density at radius 3 is 2.79 bits per heavy atom. The first-order valence-electron chi connectivity index (χ1n) is 4.70. The van der Waals surface area contributed by atoms with Crippen LogP contribution in [0.15, 0.2) is 18.2 Å². The van der Waals surface area contributed by atoms with Crippen molar-refractivity contribution in [3.8, 4) is 11.5 Å². The van der Waals surface area contributed by atoms with E-state index in [1.165, 1.54) is 0 Å². The van der Waals surface area contributed by atoms with Crippen molar-refractivity contribution in [1.29, 1.82) is 0 Å². The predicted molar refractivity (Wildman–Crippen MR) is 56.9 cm³/mol. The Morgan fingerprint density at radius 2 is 2.21 bits per heavy atom. The second-order valence-electron chi connectivity index (χ2n) is 3.39. The van der Waals surface area contributed by atoms with Gasteiger partial charge in [-0.05, 0) is 44.2 Å². The van der Waals surface area contributed by atoms with E-state index in [0.29, 0.717) is 6.04 Å². The van der Waals surface area contributed by atoms with E-state index in [2.05, 4.69) is 12.2 Å². The van der Waals surface area contributed by atoms with Crippen LogP contribution in [0.5, 0.6) is 11.5 Å². The van der Waals surface area contributed by atoms with Crippen LogP contribution in [0, 0.1) is 0 Å². The van der Waals surface area contributed by atoms with Crippen LogP contribution in [0.1, 0.15) is 12.5 Å². The average Bonchev–Trinajstić information content (AvgIpc) is 2.18. The summed E-state index contributed by atoms with van der Waals surface area (Å²) in [6.45, 7) is 2.09. The number of hydrogen-bond acceptors (Lipinski definition) is 3. The van der Waals surface area contributed by atoms with Crippen molar-refractivity contribution in [2.75, 3.05) is 14.2 Å². The number of aromatic hydroxyl groups is 1. The van der Waals surface area contributed by atoms with Gasteiger partial charge < -0.3 is 15.2 Å². The molecule has 3 heteroatoms. The van der Waals surface area contributed by atoms with Crippen molar-refractivity contribution in [3.63, 3.8) is 0 Å². The van der Waals surface area contributed by atoms with Gasteiger partial charge in [0.25, 0.3) is 0 Å². The molecule has 0 aliphatic heterocycles. The lowest BCUT2D eigenvalue weighted by molar-refractivity contribution is 0.404. The third kappa shape index (κ3) is 2.64. The molecular weight excluding hydrogens is 178 g/mol.